The fraction of sp³-hybridized carbons (Fsp3) is 0.263. The zero-order valence-corrected chi connectivity index (χ0v) is 14.9. The van der Waals surface area contributed by atoms with E-state index in [0.717, 1.165) is 22.5 Å². The van der Waals surface area contributed by atoms with Crippen LogP contribution in [0, 0.1) is 5.82 Å². The van der Waals surface area contributed by atoms with Crippen molar-refractivity contribution in [3.8, 4) is 0 Å². The number of benzene rings is 2. The van der Waals surface area contributed by atoms with Crippen molar-refractivity contribution >= 4 is 27.5 Å². The van der Waals surface area contributed by atoms with E-state index in [9.17, 15) is 9.18 Å². The first-order valence-corrected chi connectivity index (χ1v) is 8.96. The number of likely N-dealkylation sites (N-methyl/N-ethyl adjacent to an activating group) is 1. The number of fused-ring (bicyclic) bond motifs is 1. The van der Waals surface area contributed by atoms with E-state index in [1.165, 1.54) is 16.8 Å². The minimum absolute atomic E-state index is 0.0225. The molecule has 4 nitrogen and oxygen atoms in total. The number of nitrogens with one attached hydrogen (secondary N) is 1. The number of carbonyl (C=O) groups is 1. The highest BCUT2D eigenvalue weighted by atomic mass is 32.1. The molecule has 6 heteroatoms. The number of aromatic nitrogens is 1. The Hall–Kier alpha value is -2.31. The van der Waals surface area contributed by atoms with Crippen LogP contribution in [0.25, 0.3) is 10.2 Å². The average Bonchev–Trinajstić information content (AvgIpc) is 2.99. The standard InChI is InChI=1S/C19H20FN3OS/c1-23(12-14-6-8-15(20)9-7-14)13-18(24)21-11-10-19-22-16-4-2-3-5-17(16)25-19/h2-9H,10-13H2,1H3,(H,21,24). The van der Waals surface area contributed by atoms with Gasteiger partial charge < -0.3 is 5.32 Å². The van der Waals surface area contributed by atoms with Crippen LogP contribution >= 0.6 is 11.3 Å². The number of carbonyl (C=O) groups excluding carboxylic acids is 1. The second-order valence-electron chi connectivity index (χ2n) is 5.97. The smallest absolute Gasteiger partial charge is 0.234 e. The number of hydrogen-bond acceptors (Lipinski definition) is 4. The summed E-state index contributed by atoms with van der Waals surface area (Å²) in [5.41, 5.74) is 1.99. The maximum Gasteiger partial charge on any atom is 0.234 e. The molecular weight excluding hydrogens is 337 g/mol. The zero-order valence-electron chi connectivity index (χ0n) is 14.0. The Morgan fingerprint density at radius 1 is 1.20 bits per heavy atom. The van der Waals surface area contributed by atoms with Crippen LogP contribution < -0.4 is 5.32 Å². The highest BCUT2D eigenvalue weighted by Crippen LogP contribution is 2.21. The first kappa shape index (κ1) is 17.5. The number of rotatable bonds is 7. The van der Waals surface area contributed by atoms with Gasteiger partial charge in [0.05, 0.1) is 21.8 Å². The van der Waals surface area contributed by atoms with E-state index >= 15 is 0 Å². The molecule has 1 aromatic heterocycles. The average molecular weight is 357 g/mol. The highest BCUT2D eigenvalue weighted by Gasteiger charge is 2.08. The maximum atomic E-state index is 12.9. The van der Waals surface area contributed by atoms with Crippen LogP contribution in [0.15, 0.2) is 48.5 Å². The van der Waals surface area contributed by atoms with Crippen molar-refractivity contribution in [2.24, 2.45) is 0 Å². The van der Waals surface area contributed by atoms with Crippen LogP contribution in [-0.2, 0) is 17.8 Å². The molecule has 0 atom stereocenters. The third-order valence-corrected chi connectivity index (χ3v) is 4.87. The van der Waals surface area contributed by atoms with Gasteiger partial charge in [0, 0.05) is 19.5 Å². The molecule has 2 aromatic carbocycles. The van der Waals surface area contributed by atoms with Crippen LogP contribution in [0.3, 0.4) is 0 Å². The van der Waals surface area contributed by atoms with E-state index < -0.39 is 0 Å². The summed E-state index contributed by atoms with van der Waals surface area (Å²) in [6.45, 7) is 1.48. The Morgan fingerprint density at radius 3 is 2.72 bits per heavy atom. The van der Waals surface area contributed by atoms with Crippen molar-refractivity contribution in [1.82, 2.24) is 15.2 Å². The lowest BCUT2D eigenvalue weighted by Gasteiger charge is -2.16. The summed E-state index contributed by atoms with van der Waals surface area (Å²) < 4.78 is 14.1. The van der Waals surface area contributed by atoms with Crippen molar-refractivity contribution in [1.29, 1.82) is 0 Å². The van der Waals surface area contributed by atoms with Crippen molar-refractivity contribution in [2.45, 2.75) is 13.0 Å². The molecule has 0 aliphatic carbocycles. The summed E-state index contributed by atoms with van der Waals surface area (Å²) in [7, 11) is 1.87. The van der Waals surface area contributed by atoms with Gasteiger partial charge in [-0.2, -0.15) is 0 Å². The highest BCUT2D eigenvalue weighted by molar-refractivity contribution is 7.18. The van der Waals surface area contributed by atoms with E-state index in [0.29, 0.717) is 19.6 Å². The molecule has 0 fully saturated rings. The summed E-state index contributed by atoms with van der Waals surface area (Å²) in [5.74, 6) is -0.273. The van der Waals surface area contributed by atoms with Gasteiger partial charge in [0.2, 0.25) is 5.91 Å². The molecule has 25 heavy (non-hydrogen) atoms. The molecule has 0 aliphatic heterocycles. The lowest BCUT2D eigenvalue weighted by Crippen LogP contribution is -2.35. The minimum atomic E-state index is -0.251. The molecule has 0 unspecified atom stereocenters. The van der Waals surface area contributed by atoms with Gasteiger partial charge in [-0.1, -0.05) is 24.3 Å². The fourth-order valence-electron chi connectivity index (χ4n) is 2.59. The molecule has 0 aliphatic rings. The molecule has 3 aromatic rings. The van der Waals surface area contributed by atoms with Crippen LogP contribution in [0.5, 0.6) is 0 Å². The Kier molecular flexibility index (Phi) is 5.73. The lowest BCUT2D eigenvalue weighted by atomic mass is 10.2. The SMILES string of the molecule is CN(CC(=O)NCCc1nc2ccccc2s1)Cc1ccc(F)cc1. The molecule has 1 N–H and O–H groups in total. The van der Waals surface area contributed by atoms with Gasteiger partial charge in [-0.15, -0.1) is 11.3 Å². The molecule has 1 heterocycles. The minimum Gasteiger partial charge on any atom is -0.355 e. The van der Waals surface area contributed by atoms with Gasteiger partial charge in [0.25, 0.3) is 0 Å². The summed E-state index contributed by atoms with van der Waals surface area (Å²) in [6, 6.07) is 14.4. The molecule has 1 amide bonds. The van der Waals surface area contributed by atoms with Gasteiger partial charge >= 0.3 is 0 Å². The molecule has 130 valence electrons. The molecule has 0 saturated heterocycles. The second-order valence-corrected chi connectivity index (χ2v) is 7.09. The Bertz CT molecular complexity index is 814. The Morgan fingerprint density at radius 2 is 1.96 bits per heavy atom. The van der Waals surface area contributed by atoms with Crippen molar-refractivity contribution in [3.63, 3.8) is 0 Å². The second kappa shape index (κ2) is 8.18. The molecule has 0 radical (unpaired) electrons. The van der Waals surface area contributed by atoms with E-state index in [2.05, 4.69) is 16.4 Å². The van der Waals surface area contributed by atoms with Crippen molar-refractivity contribution < 1.29 is 9.18 Å². The Labute approximate surface area is 150 Å². The van der Waals surface area contributed by atoms with Gasteiger partial charge in [-0.25, -0.2) is 9.37 Å². The van der Waals surface area contributed by atoms with E-state index in [-0.39, 0.29) is 11.7 Å². The first-order valence-electron chi connectivity index (χ1n) is 8.14. The number of amides is 1. The Balaban J connectivity index is 1.42. The van der Waals surface area contributed by atoms with Crippen LogP contribution in [0.1, 0.15) is 10.6 Å². The molecule has 0 bridgehead atoms. The number of halogens is 1. The monoisotopic (exact) mass is 357 g/mol. The molecule has 3 rings (SSSR count). The molecule has 0 saturated carbocycles. The van der Waals surface area contributed by atoms with Gasteiger partial charge in [0.15, 0.2) is 0 Å². The van der Waals surface area contributed by atoms with Crippen LogP contribution in [0.4, 0.5) is 4.39 Å². The quantitative estimate of drug-likeness (QED) is 0.706. The summed E-state index contributed by atoms with van der Waals surface area (Å²) in [6.07, 6.45) is 0.729. The largest absolute Gasteiger partial charge is 0.355 e. The third kappa shape index (κ3) is 5.08. The molecule has 0 spiro atoms. The van der Waals surface area contributed by atoms with Crippen molar-refractivity contribution in [2.75, 3.05) is 20.1 Å². The zero-order chi connectivity index (χ0) is 17.6. The number of hydrogen-bond donors (Lipinski definition) is 1. The van der Waals surface area contributed by atoms with Gasteiger partial charge in [0.1, 0.15) is 5.82 Å². The van der Waals surface area contributed by atoms with Crippen LogP contribution in [-0.4, -0.2) is 35.9 Å². The maximum absolute atomic E-state index is 12.9. The fourth-order valence-corrected chi connectivity index (χ4v) is 3.56. The van der Waals surface area contributed by atoms with Gasteiger partial charge in [-0.05, 0) is 36.9 Å². The summed E-state index contributed by atoms with van der Waals surface area (Å²) >= 11 is 1.66. The van der Waals surface area contributed by atoms with E-state index in [1.807, 2.05) is 30.1 Å². The number of thiazole rings is 1. The predicted molar refractivity (Wildman–Crippen MR) is 99.1 cm³/mol. The van der Waals surface area contributed by atoms with E-state index in [4.69, 9.17) is 0 Å². The number of nitrogens with zero attached hydrogens (tertiary/aromatic N) is 2. The normalized spacial score (nSPS) is 11.2. The molecular formula is C19H20FN3OS. The number of para-hydroxylation sites is 1. The first-order chi connectivity index (χ1) is 12.1. The third-order valence-electron chi connectivity index (χ3n) is 3.78. The summed E-state index contributed by atoms with van der Waals surface area (Å²) in [5, 5.41) is 3.96. The van der Waals surface area contributed by atoms with Crippen molar-refractivity contribution in [3.05, 3.63) is 64.9 Å². The van der Waals surface area contributed by atoms with E-state index in [1.54, 1.807) is 23.5 Å². The topological polar surface area (TPSA) is 45.2 Å². The lowest BCUT2D eigenvalue weighted by molar-refractivity contribution is -0.122. The predicted octanol–water partition coefficient (Wildman–Crippen LogP) is 3.23. The van der Waals surface area contributed by atoms with Gasteiger partial charge in [-0.3, -0.25) is 9.69 Å². The summed E-state index contributed by atoms with van der Waals surface area (Å²) in [4.78, 5) is 18.5. The van der Waals surface area contributed by atoms with Crippen LogP contribution in [0.2, 0.25) is 0 Å².